The van der Waals surface area contributed by atoms with Crippen molar-refractivity contribution in [1.82, 2.24) is 10.3 Å². The van der Waals surface area contributed by atoms with Crippen molar-refractivity contribution in [1.29, 1.82) is 0 Å². The van der Waals surface area contributed by atoms with E-state index in [0.29, 0.717) is 12.1 Å². The average molecular weight is 355 g/mol. The molecule has 2 rings (SSSR count). The molecule has 1 saturated carbocycles. The van der Waals surface area contributed by atoms with E-state index in [0.717, 1.165) is 47.1 Å². The van der Waals surface area contributed by atoms with E-state index in [2.05, 4.69) is 60.0 Å². The fourth-order valence-electron chi connectivity index (χ4n) is 2.78. The third-order valence-electron chi connectivity index (χ3n) is 4.42. The van der Waals surface area contributed by atoms with E-state index in [1.54, 1.807) is 0 Å². The van der Waals surface area contributed by atoms with Gasteiger partial charge in [0.25, 0.3) is 0 Å². The molecule has 0 saturated heterocycles. The Bertz CT molecular complexity index is 464. The van der Waals surface area contributed by atoms with Crippen LogP contribution in [-0.2, 0) is 6.54 Å². The number of hydrogen-bond donors (Lipinski definition) is 1. The van der Waals surface area contributed by atoms with Crippen molar-refractivity contribution in [2.45, 2.75) is 65.6 Å². The summed E-state index contributed by atoms with van der Waals surface area (Å²) < 4.78 is 7.22. The van der Waals surface area contributed by atoms with Crippen molar-refractivity contribution in [2.75, 3.05) is 0 Å². The first-order valence-electron chi connectivity index (χ1n) is 8.00. The molecule has 1 aliphatic carbocycles. The highest BCUT2D eigenvalue weighted by molar-refractivity contribution is 9.10. The normalized spacial score (nSPS) is 26.1. The summed E-state index contributed by atoms with van der Waals surface area (Å²) in [4.78, 5) is 4.49. The van der Waals surface area contributed by atoms with Gasteiger partial charge in [0.15, 0.2) is 0 Å². The molecule has 1 N–H and O–H groups in total. The minimum atomic E-state index is 0.308. The first-order valence-corrected chi connectivity index (χ1v) is 8.79. The quantitative estimate of drug-likeness (QED) is 0.842. The van der Waals surface area contributed by atoms with Gasteiger partial charge in [0.1, 0.15) is 6.10 Å². The first kappa shape index (κ1) is 16.8. The van der Waals surface area contributed by atoms with Gasteiger partial charge in [-0.1, -0.05) is 27.7 Å². The molecular weight excluding hydrogens is 328 g/mol. The molecule has 0 aliphatic heterocycles. The van der Waals surface area contributed by atoms with Gasteiger partial charge < -0.3 is 10.1 Å². The Morgan fingerprint density at radius 3 is 2.76 bits per heavy atom. The summed E-state index contributed by atoms with van der Waals surface area (Å²) >= 11 is 3.50. The van der Waals surface area contributed by atoms with E-state index in [1.807, 2.05) is 6.20 Å². The summed E-state index contributed by atoms with van der Waals surface area (Å²) in [7, 11) is 0. The SMILES string of the molecule is CC(C)NCc1cc(Br)cnc1OC1CCC(C)C(C)C1. The average Bonchev–Trinajstić information content (AvgIpc) is 2.43. The summed E-state index contributed by atoms with van der Waals surface area (Å²) in [6, 6.07) is 2.56. The minimum Gasteiger partial charge on any atom is -0.474 e. The molecule has 1 fully saturated rings. The van der Waals surface area contributed by atoms with Crippen LogP contribution in [0.3, 0.4) is 0 Å². The van der Waals surface area contributed by atoms with Gasteiger partial charge in [-0.2, -0.15) is 0 Å². The van der Waals surface area contributed by atoms with Crippen molar-refractivity contribution in [2.24, 2.45) is 11.8 Å². The van der Waals surface area contributed by atoms with Gasteiger partial charge in [0.05, 0.1) is 0 Å². The van der Waals surface area contributed by atoms with Gasteiger partial charge in [0, 0.05) is 28.8 Å². The maximum absolute atomic E-state index is 6.22. The number of ether oxygens (including phenoxy) is 1. The Morgan fingerprint density at radius 2 is 2.10 bits per heavy atom. The molecular formula is C17H27BrN2O. The molecule has 0 amide bonds. The van der Waals surface area contributed by atoms with Gasteiger partial charge in [-0.15, -0.1) is 0 Å². The molecule has 0 spiro atoms. The van der Waals surface area contributed by atoms with Gasteiger partial charge >= 0.3 is 0 Å². The summed E-state index contributed by atoms with van der Waals surface area (Å²) in [5.41, 5.74) is 1.13. The number of hydrogen-bond acceptors (Lipinski definition) is 3. The van der Waals surface area contributed by atoms with Crippen LogP contribution < -0.4 is 10.1 Å². The Morgan fingerprint density at radius 1 is 1.33 bits per heavy atom. The molecule has 1 heterocycles. The van der Waals surface area contributed by atoms with Crippen LogP contribution in [-0.4, -0.2) is 17.1 Å². The van der Waals surface area contributed by atoms with E-state index in [9.17, 15) is 0 Å². The second-order valence-electron chi connectivity index (χ2n) is 6.66. The van der Waals surface area contributed by atoms with Crippen LogP contribution >= 0.6 is 15.9 Å². The smallest absolute Gasteiger partial charge is 0.218 e. The third kappa shape index (κ3) is 4.96. The van der Waals surface area contributed by atoms with Crippen molar-refractivity contribution in [3.8, 4) is 5.88 Å². The Kier molecular flexibility index (Phi) is 6.06. The van der Waals surface area contributed by atoms with E-state index in [4.69, 9.17) is 4.74 Å². The van der Waals surface area contributed by atoms with E-state index in [1.165, 1.54) is 6.42 Å². The van der Waals surface area contributed by atoms with Crippen LogP contribution in [0.1, 0.15) is 52.5 Å². The van der Waals surface area contributed by atoms with Crippen LogP contribution in [0.4, 0.5) is 0 Å². The zero-order valence-corrected chi connectivity index (χ0v) is 15.1. The second-order valence-corrected chi connectivity index (χ2v) is 7.58. The van der Waals surface area contributed by atoms with Crippen molar-refractivity contribution in [3.05, 3.63) is 22.3 Å². The standard InChI is InChI=1S/C17H27BrN2O/c1-11(2)19-9-14-8-15(18)10-20-17(14)21-16-6-5-12(3)13(4)7-16/h8,10-13,16,19H,5-7,9H2,1-4H3. The fourth-order valence-corrected chi connectivity index (χ4v) is 3.16. The monoisotopic (exact) mass is 354 g/mol. The molecule has 0 radical (unpaired) electrons. The van der Waals surface area contributed by atoms with Crippen LogP contribution in [0.5, 0.6) is 5.88 Å². The zero-order valence-electron chi connectivity index (χ0n) is 13.5. The molecule has 1 aromatic heterocycles. The molecule has 3 nitrogen and oxygen atoms in total. The fraction of sp³-hybridized carbons (Fsp3) is 0.706. The van der Waals surface area contributed by atoms with Crippen LogP contribution in [0.15, 0.2) is 16.7 Å². The highest BCUT2D eigenvalue weighted by atomic mass is 79.9. The van der Waals surface area contributed by atoms with Gasteiger partial charge in [-0.25, -0.2) is 4.98 Å². The highest BCUT2D eigenvalue weighted by Crippen LogP contribution is 2.32. The van der Waals surface area contributed by atoms with E-state index >= 15 is 0 Å². The lowest BCUT2D eigenvalue weighted by Gasteiger charge is -2.32. The number of rotatable bonds is 5. The number of pyridine rings is 1. The molecule has 1 aromatic rings. The van der Waals surface area contributed by atoms with Crippen LogP contribution in [0, 0.1) is 11.8 Å². The Balaban J connectivity index is 2.04. The molecule has 118 valence electrons. The number of aromatic nitrogens is 1. The maximum Gasteiger partial charge on any atom is 0.218 e. The predicted octanol–water partition coefficient (Wildman–Crippen LogP) is 4.55. The topological polar surface area (TPSA) is 34.2 Å². The van der Waals surface area contributed by atoms with Crippen molar-refractivity contribution in [3.63, 3.8) is 0 Å². The number of nitrogens with zero attached hydrogens (tertiary/aromatic N) is 1. The third-order valence-corrected chi connectivity index (χ3v) is 4.85. The van der Waals surface area contributed by atoms with Crippen molar-refractivity contribution >= 4 is 15.9 Å². The lowest BCUT2D eigenvalue weighted by atomic mass is 9.80. The first-order chi connectivity index (χ1) is 9.95. The van der Waals surface area contributed by atoms with Gasteiger partial charge in [-0.3, -0.25) is 0 Å². The Hall–Kier alpha value is -0.610. The van der Waals surface area contributed by atoms with Crippen molar-refractivity contribution < 1.29 is 4.74 Å². The molecule has 4 heteroatoms. The van der Waals surface area contributed by atoms with Crippen LogP contribution in [0.25, 0.3) is 0 Å². The highest BCUT2D eigenvalue weighted by Gasteiger charge is 2.26. The lowest BCUT2D eigenvalue weighted by molar-refractivity contribution is 0.0953. The van der Waals surface area contributed by atoms with Gasteiger partial charge in [0.2, 0.25) is 5.88 Å². The van der Waals surface area contributed by atoms with E-state index in [-0.39, 0.29) is 0 Å². The van der Waals surface area contributed by atoms with Crippen LogP contribution in [0.2, 0.25) is 0 Å². The maximum atomic E-state index is 6.22. The molecule has 0 aromatic carbocycles. The molecule has 0 bridgehead atoms. The summed E-state index contributed by atoms with van der Waals surface area (Å²) in [5.74, 6) is 2.33. The minimum absolute atomic E-state index is 0.308. The molecule has 21 heavy (non-hydrogen) atoms. The second kappa shape index (κ2) is 7.59. The number of halogens is 1. The zero-order chi connectivity index (χ0) is 15.4. The van der Waals surface area contributed by atoms with Gasteiger partial charge in [-0.05, 0) is 53.1 Å². The summed E-state index contributed by atoms with van der Waals surface area (Å²) in [5, 5.41) is 3.44. The molecule has 3 atom stereocenters. The lowest BCUT2D eigenvalue weighted by Crippen LogP contribution is -2.30. The predicted molar refractivity (Wildman–Crippen MR) is 90.5 cm³/mol. The number of nitrogens with one attached hydrogen (secondary N) is 1. The Labute approximate surface area is 137 Å². The molecule has 1 aliphatic rings. The molecule has 3 unspecified atom stereocenters. The largest absolute Gasteiger partial charge is 0.474 e. The summed E-state index contributed by atoms with van der Waals surface area (Å²) in [6.07, 6.45) is 5.66. The summed E-state index contributed by atoms with van der Waals surface area (Å²) in [6.45, 7) is 9.76. The van der Waals surface area contributed by atoms with E-state index < -0.39 is 0 Å².